The molecule has 0 spiro atoms. The molecule has 1 heterocycles. The average molecular weight is 398 g/mol. The lowest BCUT2D eigenvalue weighted by Crippen LogP contribution is -2.24. The lowest BCUT2D eigenvalue weighted by molar-refractivity contribution is -0.120. The summed E-state index contributed by atoms with van der Waals surface area (Å²) in [5.41, 5.74) is 3.64. The molecule has 1 N–H and O–H groups in total. The van der Waals surface area contributed by atoms with Crippen molar-refractivity contribution in [1.29, 1.82) is 0 Å². The summed E-state index contributed by atoms with van der Waals surface area (Å²) < 4.78 is 7.40. The molecule has 6 nitrogen and oxygen atoms in total. The van der Waals surface area contributed by atoms with Gasteiger partial charge in [-0.3, -0.25) is 4.79 Å². The molecule has 0 bridgehead atoms. The Kier molecular flexibility index (Phi) is 6.15. The van der Waals surface area contributed by atoms with E-state index in [1.54, 1.807) is 4.68 Å². The highest BCUT2D eigenvalue weighted by Gasteiger charge is 2.06. The molecular formula is C24H22N4O2. The van der Waals surface area contributed by atoms with Gasteiger partial charge in [-0.25, -0.2) is 4.68 Å². The van der Waals surface area contributed by atoms with E-state index in [0.29, 0.717) is 19.6 Å². The topological polar surface area (TPSA) is 69.0 Å². The van der Waals surface area contributed by atoms with Crippen LogP contribution in [0.15, 0.2) is 91.1 Å². The van der Waals surface area contributed by atoms with Crippen molar-refractivity contribution in [2.75, 3.05) is 0 Å². The second-order valence-corrected chi connectivity index (χ2v) is 6.86. The van der Waals surface area contributed by atoms with Gasteiger partial charge in [0.2, 0.25) is 5.91 Å². The van der Waals surface area contributed by atoms with Gasteiger partial charge in [0.15, 0.2) is 0 Å². The molecule has 0 saturated heterocycles. The van der Waals surface area contributed by atoms with Crippen molar-refractivity contribution in [3.05, 3.63) is 108 Å². The van der Waals surface area contributed by atoms with Gasteiger partial charge >= 0.3 is 0 Å². The van der Waals surface area contributed by atoms with E-state index in [1.165, 1.54) is 0 Å². The first-order valence-electron chi connectivity index (χ1n) is 9.75. The Morgan fingerprint density at radius 3 is 2.30 bits per heavy atom. The van der Waals surface area contributed by atoms with Crippen molar-refractivity contribution in [1.82, 2.24) is 20.3 Å². The highest BCUT2D eigenvalue weighted by molar-refractivity contribution is 5.78. The number of rotatable bonds is 8. The third-order valence-corrected chi connectivity index (χ3v) is 4.57. The van der Waals surface area contributed by atoms with Crippen LogP contribution in [0.3, 0.4) is 0 Å². The highest BCUT2D eigenvalue weighted by Crippen LogP contribution is 2.13. The Morgan fingerprint density at radius 2 is 1.57 bits per heavy atom. The van der Waals surface area contributed by atoms with Gasteiger partial charge in [0, 0.05) is 6.54 Å². The molecular weight excluding hydrogens is 376 g/mol. The number of para-hydroxylation sites is 1. The van der Waals surface area contributed by atoms with Crippen LogP contribution < -0.4 is 10.1 Å². The van der Waals surface area contributed by atoms with E-state index in [2.05, 4.69) is 15.6 Å². The molecule has 0 aliphatic rings. The fourth-order valence-electron chi connectivity index (χ4n) is 2.98. The van der Waals surface area contributed by atoms with Gasteiger partial charge in [-0.15, -0.1) is 5.10 Å². The molecule has 4 aromatic rings. The quantitative estimate of drug-likeness (QED) is 0.491. The third-order valence-electron chi connectivity index (χ3n) is 4.57. The molecule has 0 unspecified atom stereocenters. The van der Waals surface area contributed by atoms with Crippen LogP contribution in [0.5, 0.6) is 5.75 Å². The number of nitrogens with one attached hydrogen (secondary N) is 1. The number of amides is 1. The Bertz CT molecular complexity index is 1080. The summed E-state index contributed by atoms with van der Waals surface area (Å²) >= 11 is 0. The highest BCUT2D eigenvalue weighted by atomic mass is 16.5. The fraction of sp³-hybridized carbons (Fsp3) is 0.125. The van der Waals surface area contributed by atoms with E-state index in [9.17, 15) is 4.79 Å². The predicted molar refractivity (Wildman–Crippen MR) is 114 cm³/mol. The summed E-state index contributed by atoms with van der Waals surface area (Å²) in [5, 5.41) is 11.3. The summed E-state index contributed by atoms with van der Waals surface area (Å²) in [7, 11) is 0. The Hall–Kier alpha value is -3.93. The molecule has 0 aliphatic heterocycles. The van der Waals surface area contributed by atoms with Crippen LogP contribution >= 0.6 is 0 Å². The SMILES string of the molecule is O=C(Cc1ccc(-n2cc(COc3ccccc3)nn2)cc1)NCc1ccccc1. The average Bonchev–Trinajstić information content (AvgIpc) is 3.27. The van der Waals surface area contributed by atoms with Crippen molar-refractivity contribution < 1.29 is 9.53 Å². The molecule has 0 atom stereocenters. The maximum absolute atomic E-state index is 12.2. The molecule has 0 radical (unpaired) electrons. The molecule has 150 valence electrons. The Morgan fingerprint density at radius 1 is 0.867 bits per heavy atom. The van der Waals surface area contributed by atoms with E-state index in [1.807, 2.05) is 91.1 Å². The molecule has 1 aromatic heterocycles. The maximum atomic E-state index is 12.2. The largest absolute Gasteiger partial charge is 0.487 e. The van der Waals surface area contributed by atoms with Crippen molar-refractivity contribution in [3.8, 4) is 11.4 Å². The molecule has 0 aliphatic carbocycles. The van der Waals surface area contributed by atoms with Gasteiger partial charge in [-0.05, 0) is 35.4 Å². The predicted octanol–water partition coefficient (Wildman–Crippen LogP) is 3.71. The molecule has 30 heavy (non-hydrogen) atoms. The normalized spacial score (nSPS) is 10.5. The molecule has 6 heteroatoms. The number of hydrogen-bond donors (Lipinski definition) is 1. The van der Waals surface area contributed by atoms with Crippen LogP contribution in [0.2, 0.25) is 0 Å². The van der Waals surface area contributed by atoms with Gasteiger partial charge in [0.1, 0.15) is 18.1 Å². The van der Waals surface area contributed by atoms with Crippen molar-refractivity contribution in [3.63, 3.8) is 0 Å². The van der Waals surface area contributed by atoms with Crippen LogP contribution in [0.25, 0.3) is 5.69 Å². The molecule has 1 amide bonds. The standard InChI is InChI=1S/C24H22N4O2/c29-24(25-16-20-7-3-1-4-8-20)15-19-11-13-22(14-12-19)28-17-21(26-27-28)18-30-23-9-5-2-6-10-23/h1-14,17H,15-16,18H2,(H,25,29). The van der Waals surface area contributed by atoms with Crippen LogP contribution in [0.4, 0.5) is 0 Å². The number of nitrogens with zero attached hydrogens (tertiary/aromatic N) is 3. The van der Waals surface area contributed by atoms with Gasteiger partial charge in [-0.2, -0.15) is 0 Å². The smallest absolute Gasteiger partial charge is 0.224 e. The van der Waals surface area contributed by atoms with E-state index >= 15 is 0 Å². The van der Waals surface area contributed by atoms with Gasteiger partial charge in [-0.1, -0.05) is 65.9 Å². The Balaban J connectivity index is 1.30. The van der Waals surface area contributed by atoms with Crippen LogP contribution in [0, 0.1) is 0 Å². The second-order valence-electron chi connectivity index (χ2n) is 6.86. The molecule has 0 saturated carbocycles. The minimum Gasteiger partial charge on any atom is -0.487 e. The lowest BCUT2D eigenvalue weighted by atomic mass is 10.1. The number of benzene rings is 3. The van der Waals surface area contributed by atoms with Gasteiger partial charge < -0.3 is 10.1 Å². The zero-order valence-electron chi connectivity index (χ0n) is 16.4. The first-order chi connectivity index (χ1) is 14.8. The van der Waals surface area contributed by atoms with E-state index in [0.717, 1.165) is 28.3 Å². The summed E-state index contributed by atoms with van der Waals surface area (Å²) in [5.74, 6) is 0.787. The molecule has 0 fully saturated rings. The number of hydrogen-bond acceptors (Lipinski definition) is 4. The first-order valence-corrected chi connectivity index (χ1v) is 9.75. The van der Waals surface area contributed by atoms with Crippen molar-refractivity contribution >= 4 is 5.91 Å². The third kappa shape index (κ3) is 5.32. The number of carbonyl (C=O) groups excluding carboxylic acids is 1. The zero-order valence-corrected chi connectivity index (χ0v) is 16.4. The van der Waals surface area contributed by atoms with Crippen LogP contribution in [-0.2, 0) is 24.4 Å². The summed E-state index contributed by atoms with van der Waals surface area (Å²) in [6.07, 6.45) is 2.17. The summed E-state index contributed by atoms with van der Waals surface area (Å²) in [4.78, 5) is 12.2. The minimum atomic E-state index is -0.00675. The molecule has 4 rings (SSSR count). The van der Waals surface area contributed by atoms with Crippen LogP contribution in [0.1, 0.15) is 16.8 Å². The van der Waals surface area contributed by atoms with E-state index < -0.39 is 0 Å². The van der Waals surface area contributed by atoms with E-state index in [4.69, 9.17) is 4.74 Å². The maximum Gasteiger partial charge on any atom is 0.224 e. The lowest BCUT2D eigenvalue weighted by Gasteiger charge is -2.06. The minimum absolute atomic E-state index is 0.00675. The van der Waals surface area contributed by atoms with Gasteiger partial charge in [0.25, 0.3) is 0 Å². The second kappa shape index (κ2) is 9.52. The number of aromatic nitrogens is 3. The zero-order chi connectivity index (χ0) is 20.6. The number of carbonyl (C=O) groups is 1. The van der Waals surface area contributed by atoms with E-state index in [-0.39, 0.29) is 5.91 Å². The van der Waals surface area contributed by atoms with Crippen molar-refractivity contribution in [2.45, 2.75) is 19.6 Å². The summed E-state index contributed by atoms with van der Waals surface area (Å²) in [6.45, 7) is 0.883. The monoisotopic (exact) mass is 398 g/mol. The van der Waals surface area contributed by atoms with Gasteiger partial charge in [0.05, 0.1) is 18.3 Å². The first kappa shape index (κ1) is 19.4. The fourth-order valence-corrected chi connectivity index (χ4v) is 2.98. The number of ether oxygens (including phenoxy) is 1. The Labute approximate surface area is 175 Å². The molecule has 3 aromatic carbocycles. The van der Waals surface area contributed by atoms with Crippen LogP contribution in [-0.4, -0.2) is 20.9 Å². The summed E-state index contributed by atoms with van der Waals surface area (Å²) in [6, 6.07) is 27.2. The van der Waals surface area contributed by atoms with Crippen molar-refractivity contribution in [2.24, 2.45) is 0 Å².